The monoisotopic (exact) mass is 333 g/mol. The number of rotatable bonds is 5. The van der Waals surface area contributed by atoms with Crippen LogP contribution in [0.15, 0.2) is 24.3 Å². The fraction of sp³-hybridized carbons (Fsp3) is 0.611. The summed E-state index contributed by atoms with van der Waals surface area (Å²) < 4.78 is 10.3. The summed E-state index contributed by atoms with van der Waals surface area (Å²) in [7, 11) is 3.27. The van der Waals surface area contributed by atoms with E-state index in [9.17, 15) is 4.79 Å². The molecule has 2 aliphatic heterocycles. The van der Waals surface area contributed by atoms with Crippen molar-refractivity contribution in [3.05, 3.63) is 29.8 Å². The van der Waals surface area contributed by atoms with E-state index in [4.69, 9.17) is 9.47 Å². The second-order valence-electron chi connectivity index (χ2n) is 6.59. The number of hydrogen-bond acceptors (Lipinski definition) is 5. The van der Waals surface area contributed by atoms with Crippen molar-refractivity contribution in [3.8, 4) is 5.75 Å². The number of carbonyl (C=O) groups excluding carboxylic acids is 1. The van der Waals surface area contributed by atoms with Gasteiger partial charge in [0.25, 0.3) is 0 Å². The van der Waals surface area contributed by atoms with Crippen LogP contribution in [0.1, 0.15) is 24.3 Å². The summed E-state index contributed by atoms with van der Waals surface area (Å²) in [5, 5.41) is 0. The van der Waals surface area contributed by atoms with E-state index >= 15 is 0 Å². The average Bonchev–Trinajstić information content (AvgIpc) is 3.12. The normalized spacial score (nSPS) is 25.0. The first-order chi connectivity index (χ1) is 11.7. The van der Waals surface area contributed by atoms with Crippen molar-refractivity contribution in [2.24, 2.45) is 5.92 Å². The lowest BCUT2D eigenvalue weighted by Crippen LogP contribution is -2.46. The highest BCUT2D eigenvalue weighted by molar-refractivity contribution is 5.77. The second kappa shape index (κ2) is 7.96. The molecule has 6 nitrogen and oxygen atoms in total. The predicted octanol–water partition coefficient (Wildman–Crippen LogP) is 1.14. The zero-order valence-electron chi connectivity index (χ0n) is 14.5. The highest BCUT2D eigenvalue weighted by atomic mass is 16.5. The lowest BCUT2D eigenvalue weighted by molar-refractivity contribution is -0.136. The maximum Gasteiger partial charge on any atom is 0.248 e. The molecule has 2 fully saturated rings. The fourth-order valence-corrected chi connectivity index (χ4v) is 3.88. The highest BCUT2D eigenvalue weighted by Crippen LogP contribution is 2.33. The van der Waals surface area contributed by atoms with E-state index in [1.165, 1.54) is 5.56 Å². The molecule has 2 unspecified atom stereocenters. The molecule has 6 heteroatoms. The first kappa shape index (κ1) is 17.2. The molecule has 0 bridgehead atoms. The number of amides is 1. The van der Waals surface area contributed by atoms with Crippen molar-refractivity contribution >= 4 is 5.91 Å². The molecule has 132 valence electrons. The van der Waals surface area contributed by atoms with Gasteiger partial charge in [-0.05, 0) is 36.5 Å². The summed E-state index contributed by atoms with van der Waals surface area (Å²) in [6, 6.07) is 8.72. The minimum absolute atomic E-state index is 0.0952. The molecule has 1 amide bonds. The molecule has 2 saturated heterocycles. The van der Waals surface area contributed by atoms with Gasteiger partial charge in [0.15, 0.2) is 0 Å². The SMILES string of the molecule is COCC(=O)N1CCC(C2NNCC2c2cccc(OC)c2)CC1. The van der Waals surface area contributed by atoms with Crippen molar-refractivity contribution < 1.29 is 14.3 Å². The van der Waals surface area contributed by atoms with Gasteiger partial charge >= 0.3 is 0 Å². The van der Waals surface area contributed by atoms with Gasteiger partial charge in [0.05, 0.1) is 7.11 Å². The molecule has 1 aromatic rings. The molecular formula is C18H27N3O3. The van der Waals surface area contributed by atoms with Crippen molar-refractivity contribution in [1.29, 1.82) is 0 Å². The quantitative estimate of drug-likeness (QED) is 0.846. The van der Waals surface area contributed by atoms with Crippen LogP contribution in [0.5, 0.6) is 5.75 Å². The first-order valence-corrected chi connectivity index (χ1v) is 8.62. The van der Waals surface area contributed by atoms with Gasteiger partial charge in [-0.25, -0.2) is 0 Å². The average molecular weight is 333 g/mol. The molecule has 2 atom stereocenters. The molecule has 0 aromatic heterocycles. The van der Waals surface area contributed by atoms with E-state index in [-0.39, 0.29) is 12.5 Å². The Kier molecular flexibility index (Phi) is 5.71. The molecule has 2 heterocycles. The summed E-state index contributed by atoms with van der Waals surface area (Å²) >= 11 is 0. The van der Waals surface area contributed by atoms with E-state index in [1.54, 1.807) is 14.2 Å². The number of nitrogens with one attached hydrogen (secondary N) is 2. The smallest absolute Gasteiger partial charge is 0.248 e. The van der Waals surface area contributed by atoms with Crippen molar-refractivity contribution in [2.45, 2.75) is 24.8 Å². The molecule has 2 aliphatic rings. The lowest BCUT2D eigenvalue weighted by atomic mass is 9.80. The number of piperidine rings is 1. The van der Waals surface area contributed by atoms with Gasteiger partial charge in [0.1, 0.15) is 12.4 Å². The largest absolute Gasteiger partial charge is 0.497 e. The van der Waals surface area contributed by atoms with E-state index in [0.29, 0.717) is 17.9 Å². The number of benzene rings is 1. The Bertz CT molecular complexity index is 558. The number of ether oxygens (including phenoxy) is 2. The Labute approximate surface area is 143 Å². The number of likely N-dealkylation sites (tertiary alicyclic amines) is 1. The Balaban J connectivity index is 1.63. The van der Waals surface area contributed by atoms with Crippen molar-refractivity contribution in [1.82, 2.24) is 15.8 Å². The molecule has 0 radical (unpaired) electrons. The van der Waals surface area contributed by atoms with Gasteiger partial charge in [0, 0.05) is 38.7 Å². The van der Waals surface area contributed by atoms with Crippen LogP contribution in [0.2, 0.25) is 0 Å². The lowest BCUT2D eigenvalue weighted by Gasteiger charge is -2.36. The fourth-order valence-electron chi connectivity index (χ4n) is 3.88. The Morgan fingerprint density at radius 2 is 2.08 bits per heavy atom. The highest BCUT2D eigenvalue weighted by Gasteiger charge is 2.36. The third-order valence-corrected chi connectivity index (χ3v) is 5.21. The van der Waals surface area contributed by atoms with Gasteiger partial charge in [-0.2, -0.15) is 0 Å². The zero-order valence-corrected chi connectivity index (χ0v) is 14.5. The van der Waals surface area contributed by atoms with Crippen LogP contribution in [0.4, 0.5) is 0 Å². The van der Waals surface area contributed by atoms with Gasteiger partial charge in [-0.15, -0.1) is 0 Å². The van der Waals surface area contributed by atoms with Crippen LogP contribution in [0.3, 0.4) is 0 Å². The minimum Gasteiger partial charge on any atom is -0.497 e. The maximum absolute atomic E-state index is 11.9. The van der Waals surface area contributed by atoms with Crippen LogP contribution in [-0.4, -0.2) is 57.3 Å². The van der Waals surface area contributed by atoms with Gasteiger partial charge in [-0.3, -0.25) is 15.6 Å². The summed E-state index contributed by atoms with van der Waals surface area (Å²) in [6.45, 7) is 2.73. The summed E-state index contributed by atoms with van der Waals surface area (Å²) in [4.78, 5) is 13.9. The van der Waals surface area contributed by atoms with Crippen LogP contribution < -0.4 is 15.6 Å². The number of hydrazine groups is 1. The Morgan fingerprint density at radius 3 is 2.79 bits per heavy atom. The molecule has 0 saturated carbocycles. The van der Waals surface area contributed by atoms with Crippen LogP contribution >= 0.6 is 0 Å². The third-order valence-electron chi connectivity index (χ3n) is 5.21. The molecular weight excluding hydrogens is 306 g/mol. The molecule has 2 N–H and O–H groups in total. The van der Waals surface area contributed by atoms with E-state index < -0.39 is 0 Å². The van der Waals surface area contributed by atoms with E-state index in [2.05, 4.69) is 29.1 Å². The second-order valence-corrected chi connectivity index (χ2v) is 6.59. The predicted molar refractivity (Wildman–Crippen MR) is 91.8 cm³/mol. The van der Waals surface area contributed by atoms with Gasteiger partial charge in [0.2, 0.25) is 5.91 Å². The van der Waals surface area contributed by atoms with E-state index in [0.717, 1.165) is 38.2 Å². The van der Waals surface area contributed by atoms with Crippen LogP contribution in [0.25, 0.3) is 0 Å². The van der Waals surface area contributed by atoms with Crippen LogP contribution in [0, 0.1) is 5.92 Å². The number of hydrogen-bond donors (Lipinski definition) is 2. The zero-order chi connectivity index (χ0) is 16.9. The summed E-state index contributed by atoms with van der Waals surface area (Å²) in [5.41, 5.74) is 8.08. The standard InChI is InChI=1S/C18H27N3O3/c1-23-12-17(22)21-8-6-13(7-9-21)18-16(11-19-20-18)14-4-3-5-15(10-14)24-2/h3-5,10,13,16,18-20H,6-9,11-12H2,1-2H3. The van der Waals surface area contributed by atoms with Crippen molar-refractivity contribution in [3.63, 3.8) is 0 Å². The molecule has 3 rings (SSSR count). The molecule has 24 heavy (non-hydrogen) atoms. The molecule has 0 spiro atoms. The molecule has 0 aliphatic carbocycles. The van der Waals surface area contributed by atoms with Gasteiger partial charge < -0.3 is 14.4 Å². The third kappa shape index (κ3) is 3.71. The number of carbonyl (C=O) groups is 1. The van der Waals surface area contributed by atoms with E-state index in [1.807, 2.05) is 11.0 Å². The summed E-state index contributed by atoms with van der Waals surface area (Å²) in [5.74, 6) is 1.98. The number of methoxy groups -OCH3 is 2. The first-order valence-electron chi connectivity index (χ1n) is 8.62. The van der Waals surface area contributed by atoms with Gasteiger partial charge in [-0.1, -0.05) is 12.1 Å². The Morgan fingerprint density at radius 1 is 1.29 bits per heavy atom. The topological polar surface area (TPSA) is 62.8 Å². The molecule has 1 aromatic carbocycles. The van der Waals surface area contributed by atoms with Crippen molar-refractivity contribution in [2.75, 3.05) is 40.5 Å². The maximum atomic E-state index is 11.9. The van der Waals surface area contributed by atoms with Crippen LogP contribution in [-0.2, 0) is 9.53 Å². The summed E-state index contributed by atoms with van der Waals surface area (Å²) in [6.07, 6.45) is 2.05. The minimum atomic E-state index is 0.0952. The Hall–Kier alpha value is -1.63. The number of nitrogens with zero attached hydrogens (tertiary/aromatic N) is 1.